The summed E-state index contributed by atoms with van der Waals surface area (Å²) in [5.41, 5.74) is 0.130. The lowest BCUT2D eigenvalue weighted by atomic mass is 9.85. The van der Waals surface area contributed by atoms with E-state index >= 15 is 0 Å². The number of allylic oxidation sites excluding steroid dienone is 1. The van der Waals surface area contributed by atoms with Gasteiger partial charge in [-0.3, -0.25) is 0 Å². The van der Waals surface area contributed by atoms with E-state index in [0.29, 0.717) is 5.92 Å². The second kappa shape index (κ2) is 6.10. The number of rotatable bonds is 7. The van der Waals surface area contributed by atoms with Gasteiger partial charge >= 0.3 is 0 Å². The van der Waals surface area contributed by atoms with Gasteiger partial charge in [0.15, 0.2) is 0 Å². The zero-order chi connectivity index (χ0) is 11.2. The Hall–Kier alpha value is -0.460. The lowest BCUT2D eigenvalue weighted by Gasteiger charge is -2.27. The smallest absolute Gasteiger partial charge is 0.0944 e. The molecule has 0 aromatic heterocycles. The molecule has 0 N–H and O–H groups in total. The summed E-state index contributed by atoms with van der Waals surface area (Å²) in [5.74, 6) is 1.52. The monoisotopic (exact) mass is 198 g/mol. The Kier molecular flexibility index (Phi) is 5.90. The maximum Gasteiger partial charge on any atom is 0.0944 e. The molecule has 0 heterocycles. The molecule has 0 unspecified atom stereocenters. The highest BCUT2D eigenvalue weighted by Gasteiger charge is 2.22. The van der Waals surface area contributed by atoms with Crippen LogP contribution >= 0.6 is 0 Å². The summed E-state index contributed by atoms with van der Waals surface area (Å²) in [7, 11) is 0. The average molecular weight is 198 g/mol. The lowest BCUT2D eigenvalue weighted by molar-refractivity contribution is 0.118. The Balaban J connectivity index is 3.94. The third kappa shape index (κ3) is 5.31. The molecule has 0 fully saturated rings. The molecule has 0 atom stereocenters. The van der Waals surface area contributed by atoms with Gasteiger partial charge in [-0.1, -0.05) is 54.0 Å². The van der Waals surface area contributed by atoms with Crippen LogP contribution in [0.1, 0.15) is 53.9 Å². The third-order valence-corrected chi connectivity index (χ3v) is 2.50. The number of ether oxygens (including phenoxy) is 1. The first kappa shape index (κ1) is 13.5. The first-order valence-electron chi connectivity index (χ1n) is 5.72. The van der Waals surface area contributed by atoms with Gasteiger partial charge in [-0.05, 0) is 12.3 Å². The van der Waals surface area contributed by atoms with Gasteiger partial charge in [-0.25, -0.2) is 0 Å². The van der Waals surface area contributed by atoms with Gasteiger partial charge in [0.2, 0.25) is 0 Å². The highest BCUT2D eigenvalue weighted by Crippen LogP contribution is 2.31. The van der Waals surface area contributed by atoms with Gasteiger partial charge in [0.1, 0.15) is 0 Å². The molecule has 84 valence electrons. The lowest BCUT2D eigenvalue weighted by Crippen LogP contribution is -2.18. The molecule has 0 saturated heterocycles. The fourth-order valence-corrected chi connectivity index (χ4v) is 1.22. The largest absolute Gasteiger partial charge is 0.498 e. The van der Waals surface area contributed by atoms with Crippen molar-refractivity contribution in [1.82, 2.24) is 0 Å². The summed E-state index contributed by atoms with van der Waals surface area (Å²) in [6.07, 6.45) is 3.65. The van der Waals surface area contributed by atoms with Crippen molar-refractivity contribution in [2.24, 2.45) is 11.3 Å². The minimum atomic E-state index is 0.130. The van der Waals surface area contributed by atoms with E-state index in [2.05, 4.69) is 41.2 Å². The van der Waals surface area contributed by atoms with Crippen LogP contribution in [0.5, 0.6) is 0 Å². The fraction of sp³-hybridized carbons (Fsp3) is 0.846. The predicted octanol–water partition coefficient (Wildman–Crippen LogP) is 4.39. The maximum absolute atomic E-state index is 5.67. The minimum Gasteiger partial charge on any atom is -0.498 e. The van der Waals surface area contributed by atoms with Crippen LogP contribution in [0.3, 0.4) is 0 Å². The SMILES string of the molecule is C=C(OCC(C)C)C(C)(C)CCCC. The van der Waals surface area contributed by atoms with Crippen LogP contribution in [-0.2, 0) is 4.74 Å². The molecular weight excluding hydrogens is 172 g/mol. The average Bonchev–Trinajstić information content (AvgIpc) is 2.10. The van der Waals surface area contributed by atoms with Crippen molar-refractivity contribution in [3.8, 4) is 0 Å². The summed E-state index contributed by atoms with van der Waals surface area (Å²) < 4.78 is 5.67. The molecule has 0 aliphatic heterocycles. The van der Waals surface area contributed by atoms with Crippen molar-refractivity contribution in [3.05, 3.63) is 12.3 Å². The standard InChI is InChI=1S/C13H26O/c1-7-8-9-13(5,6)12(4)14-10-11(2)3/h11H,4,7-10H2,1-3,5-6H3. The van der Waals surface area contributed by atoms with Crippen LogP contribution in [0.25, 0.3) is 0 Å². The molecule has 0 aliphatic rings. The molecule has 0 amide bonds. The fourth-order valence-electron chi connectivity index (χ4n) is 1.22. The highest BCUT2D eigenvalue weighted by molar-refractivity contribution is 4.98. The van der Waals surface area contributed by atoms with E-state index in [0.717, 1.165) is 12.4 Å². The van der Waals surface area contributed by atoms with Crippen molar-refractivity contribution >= 4 is 0 Å². The first-order valence-corrected chi connectivity index (χ1v) is 5.72. The van der Waals surface area contributed by atoms with Gasteiger partial charge in [0.25, 0.3) is 0 Å². The molecule has 0 spiro atoms. The molecule has 0 rings (SSSR count). The Labute approximate surface area is 89.5 Å². The van der Waals surface area contributed by atoms with E-state index < -0.39 is 0 Å². The van der Waals surface area contributed by atoms with Crippen molar-refractivity contribution in [1.29, 1.82) is 0 Å². The predicted molar refractivity (Wildman–Crippen MR) is 63.2 cm³/mol. The Bertz CT molecular complexity index is 168. The molecule has 0 aromatic carbocycles. The van der Waals surface area contributed by atoms with Crippen molar-refractivity contribution < 1.29 is 4.74 Å². The van der Waals surface area contributed by atoms with Gasteiger partial charge < -0.3 is 4.74 Å². The maximum atomic E-state index is 5.67. The third-order valence-electron chi connectivity index (χ3n) is 2.50. The van der Waals surface area contributed by atoms with E-state index in [9.17, 15) is 0 Å². The normalized spacial score (nSPS) is 11.9. The second-order valence-corrected chi connectivity index (χ2v) is 5.12. The summed E-state index contributed by atoms with van der Waals surface area (Å²) in [6, 6.07) is 0. The van der Waals surface area contributed by atoms with Crippen LogP contribution in [0.2, 0.25) is 0 Å². The molecule has 0 aromatic rings. The number of hydrogen-bond donors (Lipinski definition) is 0. The number of unbranched alkanes of at least 4 members (excludes halogenated alkanes) is 1. The van der Waals surface area contributed by atoms with E-state index in [1.165, 1.54) is 19.3 Å². The molecule has 0 radical (unpaired) electrons. The van der Waals surface area contributed by atoms with Crippen LogP contribution in [-0.4, -0.2) is 6.61 Å². The quantitative estimate of drug-likeness (QED) is 0.551. The van der Waals surface area contributed by atoms with E-state index in [1.54, 1.807) is 0 Å². The first-order chi connectivity index (χ1) is 6.40. The zero-order valence-electron chi connectivity index (χ0n) is 10.5. The van der Waals surface area contributed by atoms with Gasteiger partial charge in [-0.15, -0.1) is 0 Å². The Morgan fingerprint density at radius 3 is 2.36 bits per heavy atom. The molecule has 0 saturated carbocycles. The Morgan fingerprint density at radius 1 is 1.36 bits per heavy atom. The molecule has 14 heavy (non-hydrogen) atoms. The molecule has 1 heteroatoms. The zero-order valence-corrected chi connectivity index (χ0v) is 10.5. The van der Waals surface area contributed by atoms with E-state index in [-0.39, 0.29) is 5.41 Å². The summed E-state index contributed by atoms with van der Waals surface area (Å²) in [5, 5.41) is 0. The van der Waals surface area contributed by atoms with E-state index in [4.69, 9.17) is 4.74 Å². The molecule has 0 aliphatic carbocycles. The van der Waals surface area contributed by atoms with Crippen LogP contribution in [0, 0.1) is 11.3 Å². The molecular formula is C13H26O. The Morgan fingerprint density at radius 2 is 1.93 bits per heavy atom. The van der Waals surface area contributed by atoms with Crippen molar-refractivity contribution in [2.45, 2.75) is 53.9 Å². The topological polar surface area (TPSA) is 9.23 Å². The summed E-state index contributed by atoms with van der Waals surface area (Å²) in [4.78, 5) is 0. The van der Waals surface area contributed by atoms with Gasteiger partial charge in [0, 0.05) is 5.41 Å². The second-order valence-electron chi connectivity index (χ2n) is 5.12. The van der Waals surface area contributed by atoms with E-state index in [1.807, 2.05) is 0 Å². The molecule has 1 nitrogen and oxygen atoms in total. The van der Waals surface area contributed by atoms with Crippen molar-refractivity contribution in [2.75, 3.05) is 6.61 Å². The van der Waals surface area contributed by atoms with Crippen LogP contribution in [0.4, 0.5) is 0 Å². The summed E-state index contributed by atoms with van der Waals surface area (Å²) >= 11 is 0. The van der Waals surface area contributed by atoms with Crippen LogP contribution < -0.4 is 0 Å². The minimum absolute atomic E-state index is 0.130. The van der Waals surface area contributed by atoms with Gasteiger partial charge in [-0.2, -0.15) is 0 Å². The van der Waals surface area contributed by atoms with Crippen LogP contribution in [0.15, 0.2) is 12.3 Å². The number of hydrogen-bond acceptors (Lipinski definition) is 1. The van der Waals surface area contributed by atoms with Gasteiger partial charge in [0.05, 0.1) is 12.4 Å². The summed E-state index contributed by atoms with van der Waals surface area (Å²) in [6.45, 7) is 15.8. The van der Waals surface area contributed by atoms with Crippen molar-refractivity contribution in [3.63, 3.8) is 0 Å². The molecule has 0 bridgehead atoms. The highest BCUT2D eigenvalue weighted by atomic mass is 16.5.